The number of unbranched alkanes of at least 4 members (excludes halogenated alkanes) is 1. The summed E-state index contributed by atoms with van der Waals surface area (Å²) >= 11 is 1.39. The number of ether oxygens (including phenoxy) is 1. The summed E-state index contributed by atoms with van der Waals surface area (Å²) in [5, 5.41) is 5.30. The van der Waals surface area contributed by atoms with Crippen LogP contribution in [0.5, 0.6) is 5.75 Å². The number of hydrogen-bond donors (Lipinski definition) is 1. The number of hydrogen-bond acceptors (Lipinski definition) is 5. The number of amides is 2. The van der Waals surface area contributed by atoms with Crippen LogP contribution in [-0.4, -0.2) is 40.9 Å². The van der Waals surface area contributed by atoms with E-state index in [0.717, 1.165) is 50.0 Å². The predicted molar refractivity (Wildman–Crippen MR) is 120 cm³/mol. The van der Waals surface area contributed by atoms with Gasteiger partial charge in [-0.05, 0) is 50.5 Å². The Morgan fingerprint density at radius 1 is 1.20 bits per heavy atom. The number of aryl methyl sites for hydroxylation is 1. The molecule has 3 rings (SSSR count). The van der Waals surface area contributed by atoms with Crippen molar-refractivity contribution in [2.45, 2.75) is 64.8 Å². The number of rotatable bonds is 9. The van der Waals surface area contributed by atoms with E-state index in [1.54, 1.807) is 17.0 Å². The molecule has 162 valence electrons. The van der Waals surface area contributed by atoms with Crippen molar-refractivity contribution >= 4 is 28.3 Å². The molecule has 1 aromatic carbocycles. The molecule has 0 bridgehead atoms. The first-order valence-electron chi connectivity index (χ1n) is 10.8. The molecule has 0 atom stereocenters. The van der Waals surface area contributed by atoms with Gasteiger partial charge in [0.05, 0.1) is 12.3 Å². The maximum atomic E-state index is 13.3. The highest BCUT2D eigenvalue weighted by atomic mass is 32.1. The van der Waals surface area contributed by atoms with Gasteiger partial charge in [-0.1, -0.05) is 32.6 Å². The Balaban J connectivity index is 1.69. The lowest BCUT2D eigenvalue weighted by Gasteiger charge is -2.34. The van der Waals surface area contributed by atoms with E-state index in [9.17, 15) is 9.59 Å². The molecule has 1 heterocycles. The van der Waals surface area contributed by atoms with E-state index in [4.69, 9.17) is 4.74 Å². The van der Waals surface area contributed by atoms with Crippen LogP contribution in [-0.2, 0) is 4.79 Å². The molecular formula is C23H31N3O3S. The molecular weight excluding hydrogens is 398 g/mol. The Morgan fingerprint density at radius 2 is 1.93 bits per heavy atom. The highest BCUT2D eigenvalue weighted by molar-refractivity contribution is 7.13. The second kappa shape index (κ2) is 11.1. The SMILES string of the molecule is CCCCOc1ccc(C(=O)N(CC(=O)Nc2nc(C)cs2)C2CCCCC2)cc1. The van der Waals surface area contributed by atoms with Crippen LogP contribution in [0.1, 0.15) is 67.9 Å². The summed E-state index contributed by atoms with van der Waals surface area (Å²) in [4.78, 5) is 32.0. The number of nitrogens with zero attached hydrogens (tertiary/aromatic N) is 2. The highest BCUT2D eigenvalue weighted by Gasteiger charge is 2.28. The van der Waals surface area contributed by atoms with Gasteiger partial charge in [0, 0.05) is 17.0 Å². The number of benzene rings is 1. The van der Waals surface area contributed by atoms with Gasteiger partial charge in [0.1, 0.15) is 12.3 Å². The minimum absolute atomic E-state index is 0.0386. The maximum Gasteiger partial charge on any atom is 0.254 e. The van der Waals surface area contributed by atoms with Gasteiger partial charge in [0.25, 0.3) is 5.91 Å². The van der Waals surface area contributed by atoms with Crippen LogP contribution in [0.4, 0.5) is 5.13 Å². The predicted octanol–water partition coefficient (Wildman–Crippen LogP) is 5.04. The quantitative estimate of drug-likeness (QED) is 0.567. The second-order valence-corrected chi connectivity index (χ2v) is 8.65. The molecule has 1 saturated carbocycles. The third-order valence-corrected chi connectivity index (χ3v) is 6.20. The Kier molecular flexibility index (Phi) is 8.25. The van der Waals surface area contributed by atoms with Crippen molar-refractivity contribution in [3.05, 3.63) is 40.9 Å². The average Bonchev–Trinajstić information content (AvgIpc) is 3.17. The van der Waals surface area contributed by atoms with Crippen LogP contribution in [0.2, 0.25) is 0 Å². The van der Waals surface area contributed by atoms with Crippen LogP contribution in [0.25, 0.3) is 0 Å². The summed E-state index contributed by atoms with van der Waals surface area (Å²) < 4.78 is 5.70. The highest BCUT2D eigenvalue weighted by Crippen LogP contribution is 2.25. The standard InChI is InChI=1S/C23H31N3O3S/c1-3-4-14-29-20-12-10-18(11-13-20)22(28)26(19-8-6-5-7-9-19)15-21(27)25-23-24-17(2)16-30-23/h10-13,16,19H,3-9,14-15H2,1-2H3,(H,24,25,27). The van der Waals surface area contributed by atoms with E-state index in [1.807, 2.05) is 24.4 Å². The lowest BCUT2D eigenvalue weighted by molar-refractivity contribution is -0.117. The molecule has 0 aliphatic heterocycles. The third kappa shape index (κ3) is 6.29. The normalized spacial score (nSPS) is 14.3. The van der Waals surface area contributed by atoms with Crippen molar-refractivity contribution in [1.29, 1.82) is 0 Å². The van der Waals surface area contributed by atoms with Crippen molar-refractivity contribution in [2.24, 2.45) is 0 Å². The number of carbonyl (C=O) groups is 2. The molecule has 0 radical (unpaired) electrons. The fourth-order valence-corrected chi connectivity index (χ4v) is 4.38. The topological polar surface area (TPSA) is 71.5 Å². The van der Waals surface area contributed by atoms with Gasteiger partial charge in [-0.2, -0.15) is 0 Å². The van der Waals surface area contributed by atoms with Gasteiger partial charge < -0.3 is 15.0 Å². The molecule has 1 fully saturated rings. The molecule has 0 unspecified atom stereocenters. The van der Waals surface area contributed by atoms with E-state index >= 15 is 0 Å². The Morgan fingerprint density at radius 3 is 2.57 bits per heavy atom. The van der Waals surface area contributed by atoms with Gasteiger partial charge in [-0.25, -0.2) is 4.98 Å². The number of carbonyl (C=O) groups excluding carboxylic acids is 2. The molecule has 1 N–H and O–H groups in total. The number of aromatic nitrogens is 1. The van der Waals surface area contributed by atoms with Gasteiger partial charge in [-0.3, -0.25) is 9.59 Å². The first-order chi connectivity index (χ1) is 14.6. The van der Waals surface area contributed by atoms with Crippen LogP contribution in [0.15, 0.2) is 29.6 Å². The molecule has 7 heteroatoms. The fraction of sp³-hybridized carbons (Fsp3) is 0.522. The van der Waals surface area contributed by atoms with Crippen molar-refractivity contribution in [2.75, 3.05) is 18.5 Å². The zero-order valence-electron chi connectivity index (χ0n) is 17.9. The van der Waals surface area contributed by atoms with Crippen molar-refractivity contribution in [3.63, 3.8) is 0 Å². The van der Waals surface area contributed by atoms with Crippen LogP contribution < -0.4 is 10.1 Å². The van der Waals surface area contributed by atoms with Gasteiger partial charge in [0.15, 0.2) is 5.13 Å². The second-order valence-electron chi connectivity index (χ2n) is 7.79. The molecule has 2 amide bonds. The minimum atomic E-state index is -0.206. The van der Waals surface area contributed by atoms with Gasteiger partial charge >= 0.3 is 0 Å². The number of nitrogens with one attached hydrogen (secondary N) is 1. The summed E-state index contributed by atoms with van der Waals surface area (Å²) in [6, 6.07) is 7.35. The summed E-state index contributed by atoms with van der Waals surface area (Å²) in [5.41, 5.74) is 1.46. The summed E-state index contributed by atoms with van der Waals surface area (Å²) in [5.74, 6) is 0.455. The Bertz CT molecular complexity index is 828. The first kappa shape index (κ1) is 22.3. The van der Waals surface area contributed by atoms with E-state index in [1.165, 1.54) is 17.8 Å². The molecule has 1 aromatic heterocycles. The molecule has 0 spiro atoms. The molecule has 2 aromatic rings. The largest absolute Gasteiger partial charge is 0.494 e. The zero-order valence-corrected chi connectivity index (χ0v) is 18.7. The van der Waals surface area contributed by atoms with E-state index < -0.39 is 0 Å². The summed E-state index contributed by atoms with van der Waals surface area (Å²) in [7, 11) is 0. The number of thiazole rings is 1. The minimum Gasteiger partial charge on any atom is -0.494 e. The Labute approximate surface area is 182 Å². The fourth-order valence-electron chi connectivity index (χ4n) is 3.68. The van der Waals surface area contributed by atoms with E-state index in [2.05, 4.69) is 17.2 Å². The van der Waals surface area contributed by atoms with Crippen LogP contribution in [0.3, 0.4) is 0 Å². The monoisotopic (exact) mass is 429 g/mol. The zero-order chi connectivity index (χ0) is 21.3. The third-order valence-electron chi connectivity index (χ3n) is 5.32. The van der Waals surface area contributed by atoms with Crippen LogP contribution in [0, 0.1) is 6.92 Å². The molecule has 30 heavy (non-hydrogen) atoms. The molecule has 1 aliphatic carbocycles. The van der Waals surface area contributed by atoms with Gasteiger partial charge in [-0.15, -0.1) is 11.3 Å². The maximum absolute atomic E-state index is 13.3. The molecule has 0 saturated heterocycles. The molecule has 1 aliphatic rings. The Hall–Kier alpha value is -2.41. The number of anilines is 1. The lowest BCUT2D eigenvalue weighted by Crippen LogP contribution is -2.45. The van der Waals surface area contributed by atoms with Crippen molar-refractivity contribution in [1.82, 2.24) is 9.88 Å². The first-order valence-corrected chi connectivity index (χ1v) is 11.7. The van der Waals surface area contributed by atoms with E-state index in [0.29, 0.717) is 17.3 Å². The van der Waals surface area contributed by atoms with Crippen molar-refractivity contribution in [3.8, 4) is 5.75 Å². The lowest BCUT2D eigenvalue weighted by atomic mass is 9.93. The van der Waals surface area contributed by atoms with E-state index in [-0.39, 0.29) is 24.4 Å². The van der Waals surface area contributed by atoms with Crippen LogP contribution >= 0.6 is 11.3 Å². The molecule has 6 nitrogen and oxygen atoms in total. The van der Waals surface area contributed by atoms with Crippen molar-refractivity contribution < 1.29 is 14.3 Å². The summed E-state index contributed by atoms with van der Waals surface area (Å²) in [6.07, 6.45) is 7.32. The average molecular weight is 430 g/mol. The smallest absolute Gasteiger partial charge is 0.254 e. The summed E-state index contributed by atoms with van der Waals surface area (Å²) in [6.45, 7) is 4.72. The van der Waals surface area contributed by atoms with Gasteiger partial charge in [0.2, 0.25) is 5.91 Å².